The average molecular weight is 681 g/mol. The first-order valence-electron chi connectivity index (χ1n) is 16.5. The Morgan fingerprint density at radius 1 is 1.06 bits per heavy atom. The molecule has 0 saturated carbocycles. The largest absolute Gasteiger partial charge is 0.497 e. The van der Waals surface area contributed by atoms with Crippen molar-refractivity contribution in [3.05, 3.63) is 106 Å². The summed E-state index contributed by atoms with van der Waals surface area (Å²) in [6, 6.07) is 20.4. The van der Waals surface area contributed by atoms with Crippen molar-refractivity contribution in [1.82, 2.24) is 24.8 Å². The number of hydrogen-bond donors (Lipinski definition) is 2. The monoisotopic (exact) mass is 680 g/mol. The summed E-state index contributed by atoms with van der Waals surface area (Å²) in [6.07, 6.45) is 3.98. The number of carbonyl (C=O) groups is 1. The van der Waals surface area contributed by atoms with Gasteiger partial charge in [-0.3, -0.25) is 14.3 Å². The van der Waals surface area contributed by atoms with E-state index in [1.807, 2.05) is 80.7 Å². The van der Waals surface area contributed by atoms with Crippen LogP contribution in [0.3, 0.4) is 0 Å². The summed E-state index contributed by atoms with van der Waals surface area (Å²) in [4.78, 5) is 41.6. The molecule has 49 heavy (non-hydrogen) atoms. The highest BCUT2D eigenvalue weighted by atomic mass is 28.4. The van der Waals surface area contributed by atoms with Crippen LogP contribution in [-0.4, -0.2) is 68.7 Å². The topological polar surface area (TPSA) is 145 Å². The maximum atomic E-state index is 14.9. The van der Waals surface area contributed by atoms with Crippen LogP contribution in [0, 0.1) is 5.92 Å². The lowest BCUT2D eigenvalue weighted by molar-refractivity contribution is -0.146. The zero-order valence-electron chi connectivity index (χ0n) is 28.0. The Morgan fingerprint density at radius 2 is 1.88 bits per heavy atom. The van der Waals surface area contributed by atoms with Gasteiger partial charge in [0.05, 0.1) is 48.4 Å². The van der Waals surface area contributed by atoms with Gasteiger partial charge in [-0.1, -0.05) is 42.5 Å². The van der Waals surface area contributed by atoms with Crippen LogP contribution in [-0.2, 0) is 34.6 Å². The summed E-state index contributed by atoms with van der Waals surface area (Å²) >= 11 is 0. The third kappa shape index (κ3) is 5.66. The molecule has 7 rings (SSSR count). The van der Waals surface area contributed by atoms with Gasteiger partial charge in [-0.25, -0.2) is 0 Å². The number of nitrogens with zero attached hydrogens (tertiary/aromatic N) is 6. The van der Waals surface area contributed by atoms with Crippen LogP contribution < -0.4 is 15.2 Å². The molecule has 1 fully saturated rings. The van der Waals surface area contributed by atoms with Crippen molar-refractivity contribution in [3.63, 3.8) is 0 Å². The molecular formula is C36H40N6O6Si. The van der Waals surface area contributed by atoms with Gasteiger partial charge in [0.2, 0.25) is 0 Å². The van der Waals surface area contributed by atoms with Crippen LogP contribution in [0.2, 0.25) is 18.6 Å². The summed E-state index contributed by atoms with van der Waals surface area (Å²) in [7, 11) is -1.28. The lowest BCUT2D eigenvalue weighted by Crippen LogP contribution is -2.46. The van der Waals surface area contributed by atoms with E-state index in [4.69, 9.17) is 9.47 Å². The van der Waals surface area contributed by atoms with Crippen molar-refractivity contribution in [2.24, 2.45) is 5.92 Å². The van der Waals surface area contributed by atoms with E-state index in [-0.39, 0.29) is 36.1 Å². The first-order chi connectivity index (χ1) is 23.5. The number of aryl methyl sites for hydroxylation is 1. The van der Waals surface area contributed by atoms with Gasteiger partial charge < -0.3 is 24.3 Å². The highest BCUT2D eigenvalue weighted by molar-refractivity contribution is 6.71. The molecule has 12 nitrogen and oxygen atoms in total. The van der Waals surface area contributed by atoms with E-state index in [0.29, 0.717) is 53.2 Å². The predicted octanol–water partition coefficient (Wildman–Crippen LogP) is 3.96. The van der Waals surface area contributed by atoms with E-state index in [1.54, 1.807) is 35.2 Å². The molecule has 2 aliphatic rings. The SMILES string of the molecule is COc1ccc2c(c1)[C@@]1(O[C@H](CCn3cc(CCO)nn3)[C@@H]([Si](C)(C)O)[C@@H]1C)C(=O)N2Cc1cccc(-n2ncc3ccccc3c2=O)c1. The van der Waals surface area contributed by atoms with Crippen molar-refractivity contribution in [3.8, 4) is 11.4 Å². The molecule has 2 aromatic heterocycles. The minimum absolute atomic E-state index is 0.0124. The summed E-state index contributed by atoms with van der Waals surface area (Å²) in [5, 5.41) is 23.4. The molecule has 254 valence electrons. The number of methoxy groups -OCH3 is 1. The Kier molecular flexibility index (Phi) is 8.47. The second-order valence-corrected chi connectivity index (χ2v) is 17.5. The fourth-order valence-corrected chi connectivity index (χ4v) is 10.4. The van der Waals surface area contributed by atoms with Gasteiger partial charge in [-0.15, -0.1) is 5.10 Å². The number of ether oxygens (including phenoxy) is 2. The minimum Gasteiger partial charge on any atom is -0.497 e. The second-order valence-electron chi connectivity index (χ2n) is 13.5. The zero-order chi connectivity index (χ0) is 34.5. The van der Waals surface area contributed by atoms with Crippen LogP contribution in [0.15, 0.2) is 83.9 Å². The Morgan fingerprint density at radius 3 is 2.65 bits per heavy atom. The first-order valence-corrected chi connectivity index (χ1v) is 19.5. The molecule has 13 heteroatoms. The molecule has 0 aliphatic carbocycles. The van der Waals surface area contributed by atoms with Gasteiger partial charge in [0, 0.05) is 48.2 Å². The van der Waals surface area contributed by atoms with Crippen LogP contribution in [0.1, 0.15) is 30.2 Å². The fraction of sp³-hybridized carbons (Fsp3) is 0.361. The third-order valence-electron chi connectivity index (χ3n) is 9.98. The van der Waals surface area contributed by atoms with Gasteiger partial charge in [0.25, 0.3) is 11.5 Å². The maximum Gasteiger partial charge on any atom is 0.279 e. The van der Waals surface area contributed by atoms with E-state index < -0.39 is 20.0 Å². The lowest BCUT2D eigenvalue weighted by Gasteiger charge is -2.32. The fourth-order valence-electron chi connectivity index (χ4n) is 7.79. The molecule has 4 atom stereocenters. The molecule has 3 aromatic carbocycles. The molecule has 1 spiro atoms. The van der Waals surface area contributed by atoms with Crippen molar-refractivity contribution in [2.75, 3.05) is 18.6 Å². The van der Waals surface area contributed by atoms with Crippen LogP contribution >= 0.6 is 0 Å². The zero-order valence-corrected chi connectivity index (χ0v) is 29.0. The molecule has 1 amide bonds. The number of anilines is 1. The summed E-state index contributed by atoms with van der Waals surface area (Å²) in [5.74, 6) is 0.0539. The molecule has 0 unspecified atom stereocenters. The number of fused-ring (bicyclic) bond motifs is 3. The van der Waals surface area contributed by atoms with E-state index >= 15 is 0 Å². The quantitative estimate of drug-likeness (QED) is 0.210. The van der Waals surface area contributed by atoms with Crippen LogP contribution in [0.4, 0.5) is 5.69 Å². The normalized spacial score (nSPS) is 22.0. The number of amides is 1. The second kappa shape index (κ2) is 12.6. The van der Waals surface area contributed by atoms with E-state index in [9.17, 15) is 19.5 Å². The predicted molar refractivity (Wildman–Crippen MR) is 186 cm³/mol. The number of aliphatic hydroxyl groups excluding tert-OH is 1. The highest BCUT2D eigenvalue weighted by Crippen LogP contribution is 2.60. The van der Waals surface area contributed by atoms with Gasteiger partial charge in [-0.05, 0) is 61.5 Å². The van der Waals surface area contributed by atoms with E-state index in [1.165, 1.54) is 4.68 Å². The van der Waals surface area contributed by atoms with Crippen molar-refractivity contribution in [2.45, 2.75) is 63.2 Å². The van der Waals surface area contributed by atoms with Crippen LogP contribution in [0.25, 0.3) is 16.5 Å². The summed E-state index contributed by atoms with van der Waals surface area (Å²) in [5.41, 5.74) is 1.71. The smallest absolute Gasteiger partial charge is 0.279 e. The number of rotatable bonds is 10. The van der Waals surface area contributed by atoms with Gasteiger partial charge in [0.15, 0.2) is 13.9 Å². The Bertz CT molecular complexity index is 2090. The molecule has 0 radical (unpaired) electrons. The van der Waals surface area contributed by atoms with E-state index in [0.717, 1.165) is 10.9 Å². The molecular weight excluding hydrogens is 641 g/mol. The molecule has 2 N–H and O–H groups in total. The van der Waals surface area contributed by atoms with Gasteiger partial charge in [-0.2, -0.15) is 9.78 Å². The third-order valence-corrected chi connectivity index (χ3v) is 12.5. The maximum absolute atomic E-state index is 14.9. The van der Waals surface area contributed by atoms with Crippen molar-refractivity contribution >= 4 is 30.7 Å². The summed E-state index contributed by atoms with van der Waals surface area (Å²) < 4.78 is 15.7. The molecule has 4 heterocycles. The highest BCUT2D eigenvalue weighted by Gasteiger charge is 2.66. The Labute approximate surface area is 284 Å². The number of carbonyl (C=O) groups excluding carboxylic acids is 1. The Balaban J connectivity index is 1.24. The molecule has 5 aromatic rings. The number of aliphatic hydroxyl groups is 1. The summed E-state index contributed by atoms with van der Waals surface area (Å²) in [6.45, 7) is 6.50. The standard InChI is InChI=1S/C36H40N6O6Si/c1-23-33(49(3,4)46)32(14-16-40-22-26(15-17-43)38-39-40)48-36(23)30-19-28(47-2)12-13-31(30)41(35(36)45)21-24-8-7-10-27(18-24)42-34(44)29-11-6-5-9-25(29)20-37-42/h5-13,18-20,22-23,32-33,43,46H,14-17,21H2,1-4H3/t23-,32+,33-,36+/m0/s1. The number of benzene rings is 3. The Hall–Kier alpha value is -4.69. The molecule has 2 aliphatic heterocycles. The molecule has 0 bridgehead atoms. The van der Waals surface area contributed by atoms with E-state index in [2.05, 4.69) is 15.4 Å². The molecule has 1 saturated heterocycles. The minimum atomic E-state index is -2.87. The lowest BCUT2D eigenvalue weighted by atomic mass is 9.82. The first kappa shape index (κ1) is 32.8. The average Bonchev–Trinajstić information content (AvgIpc) is 3.74. The van der Waals surface area contributed by atoms with Gasteiger partial charge in [0.1, 0.15) is 5.75 Å². The van der Waals surface area contributed by atoms with Crippen molar-refractivity contribution in [1.29, 1.82) is 0 Å². The van der Waals surface area contributed by atoms with Gasteiger partial charge >= 0.3 is 0 Å². The number of aromatic nitrogens is 5. The van der Waals surface area contributed by atoms with Crippen LogP contribution in [0.5, 0.6) is 5.75 Å². The number of hydrogen-bond acceptors (Lipinski definition) is 9. The van der Waals surface area contributed by atoms with Crippen molar-refractivity contribution < 1.29 is 24.2 Å².